The number of carbonyl (C=O) groups is 1. The van der Waals surface area contributed by atoms with Gasteiger partial charge >= 0.3 is 5.97 Å². The van der Waals surface area contributed by atoms with E-state index in [9.17, 15) is 9.90 Å². The Labute approximate surface area is 212 Å². The minimum absolute atomic E-state index is 0.0950. The van der Waals surface area contributed by atoms with Crippen LogP contribution in [-0.4, -0.2) is 56.2 Å². The molecule has 0 aromatic heterocycles. The number of benzene rings is 3. The molecule has 190 valence electrons. The molecule has 7 heteroatoms. The molecule has 3 aromatic carbocycles. The van der Waals surface area contributed by atoms with Crippen LogP contribution < -0.4 is 14.3 Å². The summed E-state index contributed by atoms with van der Waals surface area (Å²) in [4.78, 5) is 18.2. The Morgan fingerprint density at radius 3 is 2.25 bits per heavy atom. The summed E-state index contributed by atoms with van der Waals surface area (Å²) in [6.07, 6.45) is 1.01. The molecule has 0 saturated heterocycles. The molecule has 1 N–H and O–H groups in total. The van der Waals surface area contributed by atoms with Gasteiger partial charge in [-0.05, 0) is 55.3 Å². The maximum atomic E-state index is 12.3. The fraction of sp³-hybridized carbons (Fsp3) is 0.276. The van der Waals surface area contributed by atoms with Crippen LogP contribution in [0.1, 0.15) is 23.6 Å². The van der Waals surface area contributed by atoms with Crippen LogP contribution in [0, 0.1) is 6.92 Å². The van der Waals surface area contributed by atoms with Crippen molar-refractivity contribution >= 4 is 17.6 Å². The zero-order valence-electron chi connectivity index (χ0n) is 21.1. The molecule has 1 unspecified atom stereocenters. The van der Waals surface area contributed by atoms with Gasteiger partial charge in [0, 0.05) is 6.54 Å². The lowest BCUT2D eigenvalue weighted by Crippen LogP contribution is -2.37. The topological polar surface area (TPSA) is 77.5 Å². The van der Waals surface area contributed by atoms with Crippen LogP contribution in [0.4, 0.5) is 0 Å². The average Bonchev–Trinajstić information content (AvgIpc) is 2.91. The fourth-order valence-electron chi connectivity index (χ4n) is 3.47. The van der Waals surface area contributed by atoms with Gasteiger partial charge in [-0.3, -0.25) is 0 Å². The molecule has 0 aliphatic carbocycles. The van der Waals surface area contributed by atoms with E-state index < -0.39 is 12.1 Å². The molecule has 0 heterocycles. The lowest BCUT2D eigenvalue weighted by Gasteiger charge is -2.24. The highest BCUT2D eigenvalue weighted by atomic mass is 16.7. The Morgan fingerprint density at radius 2 is 1.64 bits per heavy atom. The molecule has 0 spiro atoms. The van der Waals surface area contributed by atoms with Crippen LogP contribution in [0.25, 0.3) is 11.6 Å². The lowest BCUT2D eigenvalue weighted by atomic mass is 10.0. The van der Waals surface area contributed by atoms with Crippen molar-refractivity contribution in [3.05, 3.63) is 89.5 Å². The van der Waals surface area contributed by atoms with Gasteiger partial charge in [-0.2, -0.15) is 0 Å². The first-order valence-corrected chi connectivity index (χ1v) is 11.8. The van der Waals surface area contributed by atoms with E-state index in [0.29, 0.717) is 29.4 Å². The number of hydroxylamine groups is 2. The van der Waals surface area contributed by atoms with E-state index in [0.717, 1.165) is 16.7 Å². The fourth-order valence-corrected chi connectivity index (χ4v) is 3.47. The van der Waals surface area contributed by atoms with Crippen molar-refractivity contribution < 1.29 is 28.9 Å². The smallest absolute Gasteiger partial charge is 0.338 e. The number of aliphatic hydroxyl groups is 1. The van der Waals surface area contributed by atoms with Crippen molar-refractivity contribution in [1.82, 2.24) is 5.06 Å². The van der Waals surface area contributed by atoms with Crippen LogP contribution in [0.3, 0.4) is 0 Å². The summed E-state index contributed by atoms with van der Waals surface area (Å²) in [5, 5.41) is 12.1. The summed E-state index contributed by atoms with van der Waals surface area (Å²) in [6.45, 7) is 4.86. The van der Waals surface area contributed by atoms with Crippen molar-refractivity contribution in [1.29, 1.82) is 0 Å². The van der Waals surface area contributed by atoms with Gasteiger partial charge in [-0.15, -0.1) is 5.06 Å². The number of nitrogens with zero attached hydrogens (tertiary/aromatic N) is 1. The number of hydrogen-bond acceptors (Lipinski definition) is 7. The molecule has 36 heavy (non-hydrogen) atoms. The number of hydrogen-bond donors (Lipinski definition) is 1. The quantitative estimate of drug-likeness (QED) is 0.169. The molecule has 0 aliphatic heterocycles. The number of ether oxygens (including phenoxy) is 3. The van der Waals surface area contributed by atoms with E-state index in [2.05, 4.69) is 0 Å². The van der Waals surface area contributed by atoms with Gasteiger partial charge in [0.2, 0.25) is 0 Å². The highest BCUT2D eigenvalue weighted by Crippen LogP contribution is 2.27. The van der Waals surface area contributed by atoms with Gasteiger partial charge in [0.05, 0.1) is 26.3 Å². The lowest BCUT2D eigenvalue weighted by molar-refractivity contribution is -0.133. The maximum absolute atomic E-state index is 12.3. The van der Waals surface area contributed by atoms with Crippen molar-refractivity contribution in [2.45, 2.75) is 20.0 Å². The molecule has 3 rings (SSSR count). The zero-order valence-corrected chi connectivity index (χ0v) is 21.1. The predicted octanol–water partition coefficient (Wildman–Crippen LogP) is 4.77. The second kappa shape index (κ2) is 13.3. The number of aryl methyl sites for hydroxylation is 1. The standard InChI is InChI=1S/C29H33NO6/c1-5-30(36-28-9-7-6-8-27(28)33-3)19-24(31)20-35-25-16-12-22(13-17-25)18-26(29(32)34-4)23-14-10-21(2)11-15-23/h6-18,24,31H,5,19-20H2,1-4H3/b26-18+. The Kier molecular flexibility index (Phi) is 9.92. The summed E-state index contributed by atoms with van der Waals surface area (Å²) in [5.74, 6) is 1.40. The highest BCUT2D eigenvalue weighted by molar-refractivity contribution is 6.21. The molecule has 7 nitrogen and oxygen atoms in total. The summed E-state index contributed by atoms with van der Waals surface area (Å²) in [7, 11) is 2.95. The van der Waals surface area contributed by atoms with Crippen LogP contribution in [0.15, 0.2) is 72.8 Å². The second-order valence-corrected chi connectivity index (χ2v) is 8.17. The van der Waals surface area contributed by atoms with Gasteiger partial charge in [-0.1, -0.05) is 54.1 Å². The van der Waals surface area contributed by atoms with E-state index in [4.69, 9.17) is 19.0 Å². The number of esters is 1. The largest absolute Gasteiger partial charge is 0.493 e. The van der Waals surface area contributed by atoms with Crippen LogP contribution in [0.5, 0.6) is 17.2 Å². The molecule has 0 fully saturated rings. The van der Waals surface area contributed by atoms with Crippen molar-refractivity contribution in [3.8, 4) is 17.2 Å². The van der Waals surface area contributed by atoms with E-state index in [1.165, 1.54) is 7.11 Å². The molecule has 0 bridgehead atoms. The summed E-state index contributed by atoms with van der Waals surface area (Å²) in [6, 6.07) is 22.3. The van der Waals surface area contributed by atoms with Gasteiger partial charge < -0.3 is 24.2 Å². The molecule has 0 aliphatic rings. The summed E-state index contributed by atoms with van der Waals surface area (Å²) < 4.78 is 16.0. The maximum Gasteiger partial charge on any atom is 0.338 e. The van der Waals surface area contributed by atoms with Crippen molar-refractivity contribution in [2.24, 2.45) is 0 Å². The van der Waals surface area contributed by atoms with Crippen LogP contribution in [0.2, 0.25) is 0 Å². The Morgan fingerprint density at radius 1 is 0.972 bits per heavy atom. The number of carbonyl (C=O) groups excluding carboxylic acids is 1. The summed E-state index contributed by atoms with van der Waals surface area (Å²) in [5.41, 5.74) is 3.19. The Balaban J connectivity index is 1.59. The SMILES string of the molecule is CCN(CC(O)COc1ccc(/C=C(/C(=O)OC)c2ccc(C)cc2)cc1)Oc1ccccc1OC. The van der Waals surface area contributed by atoms with E-state index in [1.54, 1.807) is 30.4 Å². The number of para-hydroxylation sites is 2. The third kappa shape index (κ3) is 7.60. The van der Waals surface area contributed by atoms with Gasteiger partial charge in [0.1, 0.15) is 18.5 Å². The van der Waals surface area contributed by atoms with Crippen molar-refractivity contribution in [2.75, 3.05) is 33.9 Å². The number of methoxy groups -OCH3 is 2. The predicted molar refractivity (Wildman–Crippen MR) is 140 cm³/mol. The average molecular weight is 492 g/mol. The molecule has 1 atom stereocenters. The third-order valence-corrected chi connectivity index (χ3v) is 5.46. The Hall–Kier alpha value is -3.81. The molecular formula is C29H33NO6. The first kappa shape index (κ1) is 26.8. The van der Waals surface area contributed by atoms with E-state index in [-0.39, 0.29) is 13.2 Å². The van der Waals surface area contributed by atoms with Crippen molar-refractivity contribution in [3.63, 3.8) is 0 Å². The van der Waals surface area contributed by atoms with Crippen LogP contribution >= 0.6 is 0 Å². The number of likely N-dealkylation sites (N-methyl/N-ethyl adjacent to an activating group) is 1. The second-order valence-electron chi connectivity index (χ2n) is 8.17. The number of rotatable bonds is 12. The van der Waals surface area contributed by atoms with Crippen LogP contribution in [-0.2, 0) is 9.53 Å². The van der Waals surface area contributed by atoms with E-state index >= 15 is 0 Å². The zero-order chi connectivity index (χ0) is 25.9. The Bertz CT molecular complexity index is 1140. The molecule has 0 radical (unpaired) electrons. The third-order valence-electron chi connectivity index (χ3n) is 5.46. The molecule has 3 aromatic rings. The normalized spacial score (nSPS) is 12.2. The molecular weight excluding hydrogens is 458 g/mol. The minimum atomic E-state index is -0.772. The first-order chi connectivity index (χ1) is 17.4. The highest BCUT2D eigenvalue weighted by Gasteiger charge is 2.15. The van der Waals surface area contributed by atoms with Gasteiger partial charge in [0.25, 0.3) is 0 Å². The van der Waals surface area contributed by atoms with E-state index in [1.807, 2.05) is 74.5 Å². The summed E-state index contributed by atoms with van der Waals surface area (Å²) >= 11 is 0. The van der Waals surface area contributed by atoms with Gasteiger partial charge in [0.15, 0.2) is 11.5 Å². The minimum Gasteiger partial charge on any atom is -0.493 e. The number of aliphatic hydroxyl groups excluding tert-OH is 1. The van der Waals surface area contributed by atoms with Gasteiger partial charge in [-0.25, -0.2) is 4.79 Å². The molecule has 0 amide bonds. The monoisotopic (exact) mass is 491 g/mol. The first-order valence-electron chi connectivity index (χ1n) is 11.8. The molecule has 0 saturated carbocycles.